The fourth-order valence-electron chi connectivity index (χ4n) is 2.47. The van der Waals surface area contributed by atoms with E-state index in [1.165, 1.54) is 12.1 Å². The number of carbonyl (C=O) groups is 1. The molecule has 1 heterocycles. The Morgan fingerprint density at radius 3 is 2.60 bits per heavy atom. The topological polar surface area (TPSA) is 40.5 Å². The predicted octanol–water partition coefficient (Wildman–Crippen LogP) is 3.55. The maximum absolute atomic E-state index is 13.9. The zero-order valence-corrected chi connectivity index (χ0v) is 11.9. The van der Waals surface area contributed by atoms with Crippen LogP contribution in [0.15, 0.2) is 24.3 Å². The van der Waals surface area contributed by atoms with E-state index in [0.29, 0.717) is 11.0 Å². The standard InChI is InChI=1S/C16H20FNO2/c1-16(2)8-10-18(11-9-16)14-5-3-4-13(17)12(14)6-7-15(19)20/h3-7H,8-11H2,1-2H3,(H,19,20)/b7-6+. The average Bonchev–Trinajstić information content (AvgIpc) is 2.37. The number of nitrogens with zero attached hydrogens (tertiary/aromatic N) is 1. The van der Waals surface area contributed by atoms with Crippen LogP contribution >= 0.6 is 0 Å². The second kappa shape index (κ2) is 5.65. The number of anilines is 1. The van der Waals surface area contributed by atoms with Crippen LogP contribution < -0.4 is 4.90 Å². The number of piperidine rings is 1. The third-order valence-corrected chi connectivity index (χ3v) is 3.88. The number of benzene rings is 1. The summed E-state index contributed by atoms with van der Waals surface area (Å²) >= 11 is 0. The molecule has 0 atom stereocenters. The van der Waals surface area contributed by atoms with E-state index in [4.69, 9.17) is 5.11 Å². The van der Waals surface area contributed by atoms with E-state index in [-0.39, 0.29) is 5.82 Å². The lowest BCUT2D eigenvalue weighted by Gasteiger charge is -2.38. The quantitative estimate of drug-likeness (QED) is 0.859. The van der Waals surface area contributed by atoms with Gasteiger partial charge in [0.05, 0.1) is 0 Å². The van der Waals surface area contributed by atoms with Gasteiger partial charge in [-0.3, -0.25) is 0 Å². The third-order valence-electron chi connectivity index (χ3n) is 3.88. The summed E-state index contributed by atoms with van der Waals surface area (Å²) in [6.07, 6.45) is 4.42. The molecule has 1 saturated heterocycles. The predicted molar refractivity (Wildman–Crippen MR) is 78.3 cm³/mol. The summed E-state index contributed by atoms with van der Waals surface area (Å²) in [6.45, 7) is 6.21. The van der Waals surface area contributed by atoms with Gasteiger partial charge in [-0.1, -0.05) is 19.9 Å². The maximum atomic E-state index is 13.9. The van der Waals surface area contributed by atoms with Crippen molar-refractivity contribution in [1.82, 2.24) is 0 Å². The van der Waals surface area contributed by atoms with Crippen LogP contribution in [0.1, 0.15) is 32.3 Å². The van der Waals surface area contributed by atoms with E-state index in [9.17, 15) is 9.18 Å². The molecular weight excluding hydrogens is 257 g/mol. The monoisotopic (exact) mass is 277 g/mol. The van der Waals surface area contributed by atoms with Gasteiger partial charge in [-0.25, -0.2) is 9.18 Å². The lowest BCUT2D eigenvalue weighted by atomic mass is 9.82. The van der Waals surface area contributed by atoms with Crippen molar-refractivity contribution in [3.8, 4) is 0 Å². The minimum Gasteiger partial charge on any atom is -0.478 e. The van der Waals surface area contributed by atoms with Gasteiger partial charge >= 0.3 is 5.97 Å². The normalized spacial score (nSPS) is 18.4. The molecule has 0 spiro atoms. The van der Waals surface area contributed by atoms with Crippen LogP contribution in [-0.2, 0) is 4.79 Å². The molecule has 1 aromatic carbocycles. The zero-order chi connectivity index (χ0) is 14.8. The molecule has 20 heavy (non-hydrogen) atoms. The van der Waals surface area contributed by atoms with Crippen molar-refractivity contribution >= 4 is 17.7 Å². The van der Waals surface area contributed by atoms with Crippen LogP contribution in [0, 0.1) is 11.2 Å². The van der Waals surface area contributed by atoms with Crippen LogP contribution in [0.2, 0.25) is 0 Å². The van der Waals surface area contributed by atoms with E-state index in [2.05, 4.69) is 18.7 Å². The molecule has 0 bridgehead atoms. The molecule has 0 aliphatic carbocycles. The second-order valence-electron chi connectivity index (χ2n) is 6.00. The van der Waals surface area contributed by atoms with Crippen LogP contribution in [-0.4, -0.2) is 24.2 Å². The summed E-state index contributed by atoms with van der Waals surface area (Å²) in [5, 5.41) is 8.71. The Balaban J connectivity index is 2.28. The first kappa shape index (κ1) is 14.6. The van der Waals surface area contributed by atoms with Gasteiger partial charge in [-0.2, -0.15) is 0 Å². The van der Waals surface area contributed by atoms with Crippen molar-refractivity contribution in [3.63, 3.8) is 0 Å². The summed E-state index contributed by atoms with van der Waals surface area (Å²) in [6, 6.07) is 4.88. The Bertz CT molecular complexity index is 527. The maximum Gasteiger partial charge on any atom is 0.328 e. The van der Waals surface area contributed by atoms with Gasteiger partial charge in [0.25, 0.3) is 0 Å². The molecule has 1 fully saturated rings. The van der Waals surface area contributed by atoms with E-state index in [0.717, 1.165) is 37.7 Å². The average molecular weight is 277 g/mol. The molecule has 0 aromatic heterocycles. The Kier molecular flexibility index (Phi) is 4.12. The molecule has 0 saturated carbocycles. The van der Waals surface area contributed by atoms with Gasteiger partial charge in [0.2, 0.25) is 0 Å². The third kappa shape index (κ3) is 3.38. The minimum absolute atomic E-state index is 0.320. The van der Waals surface area contributed by atoms with Gasteiger partial charge in [0.1, 0.15) is 5.82 Å². The van der Waals surface area contributed by atoms with Crippen molar-refractivity contribution < 1.29 is 14.3 Å². The van der Waals surface area contributed by atoms with Crippen molar-refractivity contribution in [2.24, 2.45) is 5.41 Å². The highest BCUT2D eigenvalue weighted by Gasteiger charge is 2.26. The van der Waals surface area contributed by atoms with E-state index in [1.54, 1.807) is 6.07 Å². The van der Waals surface area contributed by atoms with Gasteiger partial charge in [-0.15, -0.1) is 0 Å². The van der Waals surface area contributed by atoms with Crippen molar-refractivity contribution in [2.75, 3.05) is 18.0 Å². The molecule has 108 valence electrons. The van der Waals surface area contributed by atoms with Gasteiger partial charge in [0.15, 0.2) is 0 Å². The molecular formula is C16H20FNO2. The summed E-state index contributed by atoms with van der Waals surface area (Å²) in [5.41, 5.74) is 1.45. The van der Waals surface area contributed by atoms with Crippen LogP contribution in [0.5, 0.6) is 0 Å². The molecule has 1 aliphatic heterocycles. The molecule has 3 nitrogen and oxygen atoms in total. The van der Waals surface area contributed by atoms with Crippen molar-refractivity contribution in [3.05, 3.63) is 35.7 Å². The first-order valence-electron chi connectivity index (χ1n) is 6.83. The highest BCUT2D eigenvalue weighted by atomic mass is 19.1. The van der Waals surface area contributed by atoms with E-state index in [1.807, 2.05) is 6.07 Å². The SMILES string of the molecule is CC1(C)CCN(c2cccc(F)c2/C=C/C(=O)O)CC1. The molecule has 0 radical (unpaired) electrons. The number of carboxylic acids is 1. The molecule has 4 heteroatoms. The van der Waals surface area contributed by atoms with Gasteiger partial charge in [0, 0.05) is 30.4 Å². The zero-order valence-electron chi connectivity index (χ0n) is 11.9. The van der Waals surface area contributed by atoms with E-state index >= 15 is 0 Å². The van der Waals surface area contributed by atoms with Crippen molar-refractivity contribution in [2.45, 2.75) is 26.7 Å². The Morgan fingerprint density at radius 2 is 2.00 bits per heavy atom. The lowest BCUT2D eigenvalue weighted by molar-refractivity contribution is -0.131. The number of hydrogen-bond donors (Lipinski definition) is 1. The molecule has 1 aliphatic rings. The minimum atomic E-state index is -1.07. The molecule has 1 N–H and O–H groups in total. The molecule has 0 amide bonds. The fourth-order valence-corrected chi connectivity index (χ4v) is 2.47. The number of hydrogen-bond acceptors (Lipinski definition) is 2. The van der Waals surface area contributed by atoms with Crippen LogP contribution in [0.3, 0.4) is 0 Å². The van der Waals surface area contributed by atoms with Crippen LogP contribution in [0.25, 0.3) is 6.08 Å². The summed E-state index contributed by atoms with van der Waals surface area (Å²) < 4.78 is 13.9. The van der Waals surface area contributed by atoms with Crippen LogP contribution in [0.4, 0.5) is 10.1 Å². The Hall–Kier alpha value is -1.84. The first-order valence-corrected chi connectivity index (χ1v) is 6.83. The largest absolute Gasteiger partial charge is 0.478 e. The van der Waals surface area contributed by atoms with Crippen molar-refractivity contribution in [1.29, 1.82) is 0 Å². The number of carboxylic acid groups (broad SMARTS) is 1. The number of halogens is 1. The highest BCUT2D eigenvalue weighted by Crippen LogP contribution is 2.34. The fraction of sp³-hybridized carbons (Fsp3) is 0.438. The van der Waals surface area contributed by atoms with Gasteiger partial charge in [-0.05, 0) is 36.5 Å². The highest BCUT2D eigenvalue weighted by molar-refractivity contribution is 5.87. The molecule has 2 rings (SSSR count). The Morgan fingerprint density at radius 1 is 1.35 bits per heavy atom. The summed E-state index contributed by atoms with van der Waals surface area (Å²) in [7, 11) is 0. The molecule has 1 aromatic rings. The Labute approximate surface area is 118 Å². The first-order chi connectivity index (χ1) is 9.39. The summed E-state index contributed by atoms with van der Waals surface area (Å²) in [5.74, 6) is -1.45. The smallest absolute Gasteiger partial charge is 0.328 e. The lowest BCUT2D eigenvalue weighted by Crippen LogP contribution is -2.37. The molecule has 0 unspecified atom stereocenters. The summed E-state index contributed by atoms with van der Waals surface area (Å²) in [4.78, 5) is 12.8. The number of rotatable bonds is 3. The van der Waals surface area contributed by atoms with Gasteiger partial charge < -0.3 is 10.0 Å². The second-order valence-corrected chi connectivity index (χ2v) is 6.00. The number of aliphatic carboxylic acids is 1. The van der Waals surface area contributed by atoms with E-state index < -0.39 is 5.97 Å².